The molecular weight excluding hydrogens is 377 g/mol. The number of thiazole rings is 1. The number of halogens is 3. The van der Waals surface area contributed by atoms with Gasteiger partial charge in [-0.15, -0.1) is 11.3 Å². The van der Waals surface area contributed by atoms with Gasteiger partial charge in [-0.2, -0.15) is 13.2 Å². The Hall–Kier alpha value is -2.29. The summed E-state index contributed by atoms with van der Waals surface area (Å²) in [5.74, 6) is 0.598. The molecule has 0 saturated carbocycles. The minimum atomic E-state index is -4.47. The third-order valence-corrected chi connectivity index (χ3v) is 4.42. The highest BCUT2D eigenvalue weighted by Gasteiger charge is 2.33. The van der Waals surface area contributed by atoms with Crippen molar-refractivity contribution in [3.05, 3.63) is 45.4 Å². The molecule has 0 saturated heterocycles. The van der Waals surface area contributed by atoms with Gasteiger partial charge in [0.05, 0.1) is 18.2 Å². The quantitative estimate of drug-likeness (QED) is 0.566. The maximum Gasteiger partial charge on any atom is 0.416 e. The van der Waals surface area contributed by atoms with E-state index in [1.165, 1.54) is 6.07 Å². The number of aromatic nitrogens is 1. The molecule has 0 atom stereocenters. The molecule has 9 heteroatoms. The van der Waals surface area contributed by atoms with Crippen LogP contribution in [0.3, 0.4) is 0 Å². The van der Waals surface area contributed by atoms with E-state index >= 15 is 0 Å². The monoisotopic (exact) mass is 400 g/mol. The molecule has 1 aromatic carbocycles. The molecule has 0 fully saturated rings. The summed E-state index contributed by atoms with van der Waals surface area (Å²) in [6.07, 6.45) is -2.90. The molecule has 2 N–H and O–H groups in total. The average Bonchev–Trinajstić information content (AvgIpc) is 3.00. The molecule has 1 heterocycles. The van der Waals surface area contributed by atoms with E-state index in [1.54, 1.807) is 44.5 Å². The number of aryl methyl sites for hydroxylation is 1. The first kappa shape index (κ1) is 21.0. The molecule has 148 valence electrons. The van der Waals surface area contributed by atoms with Crippen molar-refractivity contribution in [2.45, 2.75) is 46.1 Å². The summed E-state index contributed by atoms with van der Waals surface area (Å²) in [6.45, 7) is 5.92. The maximum absolute atomic E-state index is 13.4. The molecule has 0 radical (unpaired) electrons. The van der Waals surface area contributed by atoms with Crippen LogP contribution >= 0.6 is 11.3 Å². The first-order valence-corrected chi connectivity index (χ1v) is 9.23. The van der Waals surface area contributed by atoms with Gasteiger partial charge in [-0.05, 0) is 38.5 Å². The van der Waals surface area contributed by atoms with Gasteiger partial charge in [0.2, 0.25) is 0 Å². The lowest BCUT2D eigenvalue weighted by Crippen LogP contribution is -2.36. The number of hydrogen-bond donors (Lipinski definition) is 2. The first-order chi connectivity index (χ1) is 12.7. The zero-order valence-corrected chi connectivity index (χ0v) is 16.5. The number of ether oxygens (including phenoxy) is 1. The van der Waals surface area contributed by atoms with Gasteiger partial charge in [-0.3, -0.25) is 4.99 Å². The lowest BCUT2D eigenvalue weighted by atomic mass is 10.1. The number of alkyl halides is 3. The second-order valence-corrected chi connectivity index (χ2v) is 7.45. The molecular formula is C18H23F3N4OS. The standard InChI is InChI=1S/C18H23F3N4OS/c1-11(2)26-14-6-5-13(15(7-14)18(19,20)21)9-24-17(22-4)25-10-16-23-8-12(3)27-16/h5-8,11H,9-10H2,1-4H3,(H2,22,24,25). The second kappa shape index (κ2) is 9.07. The van der Waals surface area contributed by atoms with E-state index < -0.39 is 11.7 Å². The Morgan fingerprint density at radius 1 is 1.26 bits per heavy atom. The van der Waals surface area contributed by atoms with Crippen molar-refractivity contribution < 1.29 is 17.9 Å². The Morgan fingerprint density at radius 3 is 2.52 bits per heavy atom. The van der Waals surface area contributed by atoms with Gasteiger partial charge in [0.25, 0.3) is 0 Å². The van der Waals surface area contributed by atoms with Gasteiger partial charge in [0.15, 0.2) is 5.96 Å². The Morgan fingerprint density at radius 2 is 1.96 bits per heavy atom. The fourth-order valence-electron chi connectivity index (χ4n) is 2.36. The van der Waals surface area contributed by atoms with Gasteiger partial charge < -0.3 is 15.4 Å². The van der Waals surface area contributed by atoms with E-state index in [1.807, 2.05) is 6.92 Å². The normalized spacial score (nSPS) is 12.4. The SMILES string of the molecule is CN=C(NCc1ncc(C)s1)NCc1ccc(OC(C)C)cc1C(F)(F)F. The van der Waals surface area contributed by atoms with Crippen molar-refractivity contribution in [1.29, 1.82) is 0 Å². The average molecular weight is 400 g/mol. The third kappa shape index (κ3) is 6.42. The van der Waals surface area contributed by atoms with Crippen molar-refractivity contribution in [1.82, 2.24) is 15.6 Å². The number of nitrogens with one attached hydrogen (secondary N) is 2. The summed E-state index contributed by atoms with van der Waals surface area (Å²) in [4.78, 5) is 9.36. The van der Waals surface area contributed by atoms with Crippen molar-refractivity contribution in [2.75, 3.05) is 7.05 Å². The van der Waals surface area contributed by atoms with Crippen molar-refractivity contribution in [2.24, 2.45) is 4.99 Å². The van der Waals surface area contributed by atoms with E-state index in [2.05, 4.69) is 20.6 Å². The number of nitrogens with zero attached hydrogens (tertiary/aromatic N) is 2. The summed E-state index contributed by atoms with van der Waals surface area (Å²) < 4.78 is 45.6. The number of benzene rings is 1. The summed E-state index contributed by atoms with van der Waals surface area (Å²) in [6, 6.07) is 4.00. The zero-order valence-electron chi connectivity index (χ0n) is 15.6. The summed E-state index contributed by atoms with van der Waals surface area (Å²) in [5.41, 5.74) is -0.606. The van der Waals surface area contributed by atoms with E-state index in [4.69, 9.17) is 4.74 Å². The third-order valence-electron chi connectivity index (χ3n) is 3.50. The van der Waals surface area contributed by atoms with E-state index in [0.29, 0.717) is 12.5 Å². The van der Waals surface area contributed by atoms with E-state index in [0.717, 1.165) is 16.0 Å². The highest BCUT2D eigenvalue weighted by Crippen LogP contribution is 2.34. The highest BCUT2D eigenvalue weighted by molar-refractivity contribution is 7.11. The topological polar surface area (TPSA) is 58.5 Å². The predicted octanol–water partition coefficient (Wildman–Crippen LogP) is 4.12. The van der Waals surface area contributed by atoms with Crippen LogP contribution in [-0.4, -0.2) is 24.1 Å². The molecule has 0 spiro atoms. The van der Waals surface area contributed by atoms with Crippen LogP contribution in [0.2, 0.25) is 0 Å². The molecule has 0 aliphatic carbocycles. The molecule has 0 bridgehead atoms. The van der Waals surface area contributed by atoms with Crippen LogP contribution in [0.15, 0.2) is 29.4 Å². The van der Waals surface area contributed by atoms with Crippen molar-refractivity contribution in [3.8, 4) is 5.75 Å². The van der Waals surface area contributed by atoms with Crippen LogP contribution in [0.4, 0.5) is 13.2 Å². The van der Waals surface area contributed by atoms with Gasteiger partial charge in [0.1, 0.15) is 10.8 Å². The molecule has 0 aliphatic rings. The van der Waals surface area contributed by atoms with Gasteiger partial charge in [-0.1, -0.05) is 6.07 Å². The molecule has 0 unspecified atom stereocenters. The number of guanidine groups is 1. The Bertz CT molecular complexity index is 787. The summed E-state index contributed by atoms with van der Waals surface area (Å²) in [5, 5.41) is 6.83. The maximum atomic E-state index is 13.4. The number of aliphatic imine (C=N–C) groups is 1. The van der Waals surface area contributed by atoms with Crippen molar-refractivity contribution in [3.63, 3.8) is 0 Å². The van der Waals surface area contributed by atoms with Crippen molar-refractivity contribution >= 4 is 17.3 Å². The smallest absolute Gasteiger partial charge is 0.416 e. The van der Waals surface area contributed by atoms with Crippen LogP contribution in [0, 0.1) is 6.92 Å². The Kier molecular flexibility index (Phi) is 7.06. The fourth-order valence-corrected chi connectivity index (χ4v) is 3.09. The number of rotatable bonds is 6. The molecule has 2 rings (SSSR count). The van der Waals surface area contributed by atoms with Crippen LogP contribution in [-0.2, 0) is 19.3 Å². The lowest BCUT2D eigenvalue weighted by Gasteiger charge is -2.18. The van der Waals surface area contributed by atoms with Crippen LogP contribution in [0.25, 0.3) is 0 Å². The minimum absolute atomic E-state index is 0.0205. The zero-order chi connectivity index (χ0) is 20.0. The Labute approximate surface area is 160 Å². The highest BCUT2D eigenvalue weighted by atomic mass is 32.1. The lowest BCUT2D eigenvalue weighted by molar-refractivity contribution is -0.138. The van der Waals surface area contributed by atoms with Gasteiger partial charge in [0, 0.05) is 24.7 Å². The Balaban J connectivity index is 2.06. The largest absolute Gasteiger partial charge is 0.491 e. The predicted molar refractivity (Wildman–Crippen MR) is 101 cm³/mol. The van der Waals surface area contributed by atoms with E-state index in [9.17, 15) is 13.2 Å². The first-order valence-electron chi connectivity index (χ1n) is 8.41. The molecule has 5 nitrogen and oxygen atoms in total. The van der Waals surface area contributed by atoms with Gasteiger partial charge in [-0.25, -0.2) is 4.98 Å². The summed E-state index contributed by atoms with van der Waals surface area (Å²) in [7, 11) is 1.56. The van der Waals surface area contributed by atoms with Crippen LogP contribution < -0.4 is 15.4 Å². The number of hydrogen-bond acceptors (Lipinski definition) is 4. The molecule has 0 aliphatic heterocycles. The van der Waals surface area contributed by atoms with Crippen LogP contribution in [0.5, 0.6) is 5.75 Å². The van der Waals surface area contributed by atoms with Crippen LogP contribution in [0.1, 0.15) is 34.9 Å². The molecule has 1 aromatic heterocycles. The van der Waals surface area contributed by atoms with E-state index in [-0.39, 0.29) is 24.0 Å². The minimum Gasteiger partial charge on any atom is -0.491 e. The van der Waals surface area contributed by atoms with Gasteiger partial charge >= 0.3 is 6.18 Å². The summed E-state index contributed by atoms with van der Waals surface area (Å²) >= 11 is 1.55. The second-order valence-electron chi connectivity index (χ2n) is 6.13. The molecule has 2 aromatic rings. The molecule has 27 heavy (non-hydrogen) atoms. The molecule has 0 amide bonds. The fraction of sp³-hybridized carbons (Fsp3) is 0.444.